The van der Waals surface area contributed by atoms with E-state index in [0.717, 1.165) is 13.0 Å². The van der Waals surface area contributed by atoms with E-state index in [1.54, 1.807) is 7.11 Å². The van der Waals surface area contributed by atoms with Gasteiger partial charge in [-0.1, -0.05) is 6.92 Å². The molecule has 0 aromatic carbocycles. The van der Waals surface area contributed by atoms with Crippen LogP contribution in [0.15, 0.2) is 0 Å². The first-order valence-corrected chi connectivity index (χ1v) is 7.19. The highest BCUT2D eigenvalue weighted by Gasteiger charge is 2.32. The molecule has 0 aliphatic rings. The summed E-state index contributed by atoms with van der Waals surface area (Å²) in [5.41, 5.74) is 4.74. The van der Waals surface area contributed by atoms with Crippen LogP contribution in [-0.4, -0.2) is 57.6 Å². The molecule has 0 fully saturated rings. The van der Waals surface area contributed by atoms with Gasteiger partial charge < -0.3 is 25.3 Å². The van der Waals surface area contributed by atoms with E-state index < -0.39 is 5.54 Å². The summed E-state index contributed by atoms with van der Waals surface area (Å²) in [7, 11) is 1.63. The second-order valence-corrected chi connectivity index (χ2v) is 5.11. The van der Waals surface area contributed by atoms with Gasteiger partial charge in [0.2, 0.25) is 5.91 Å². The molecular formula is C14H30N2O4. The van der Waals surface area contributed by atoms with Crippen molar-refractivity contribution in [2.75, 3.05) is 40.1 Å². The quantitative estimate of drug-likeness (QED) is 0.488. The Balaban J connectivity index is 3.95. The van der Waals surface area contributed by atoms with Crippen LogP contribution in [0.4, 0.5) is 0 Å². The largest absolute Gasteiger partial charge is 0.382 e. The van der Waals surface area contributed by atoms with Gasteiger partial charge in [-0.2, -0.15) is 0 Å². The third kappa shape index (κ3) is 8.47. The Bertz CT molecular complexity index is 264. The van der Waals surface area contributed by atoms with E-state index in [2.05, 4.69) is 5.32 Å². The second kappa shape index (κ2) is 11.0. The Labute approximate surface area is 122 Å². The molecule has 0 heterocycles. The normalized spacial score (nSPS) is 15.8. The van der Waals surface area contributed by atoms with E-state index >= 15 is 0 Å². The van der Waals surface area contributed by atoms with Crippen LogP contribution in [0.1, 0.15) is 33.6 Å². The Morgan fingerprint density at radius 2 is 1.95 bits per heavy atom. The highest BCUT2D eigenvalue weighted by atomic mass is 16.5. The number of hydrogen-bond donors (Lipinski definition) is 2. The van der Waals surface area contributed by atoms with Crippen molar-refractivity contribution in [3.05, 3.63) is 0 Å². The number of amides is 1. The summed E-state index contributed by atoms with van der Waals surface area (Å²) >= 11 is 0. The van der Waals surface area contributed by atoms with Gasteiger partial charge in [-0.05, 0) is 26.8 Å². The van der Waals surface area contributed by atoms with Gasteiger partial charge in [0.25, 0.3) is 0 Å². The predicted molar refractivity (Wildman–Crippen MR) is 78.6 cm³/mol. The van der Waals surface area contributed by atoms with Crippen LogP contribution < -0.4 is 11.1 Å². The topological polar surface area (TPSA) is 82.8 Å². The number of methoxy groups -OCH3 is 1. The maximum atomic E-state index is 11.6. The zero-order valence-electron chi connectivity index (χ0n) is 13.2. The highest BCUT2D eigenvalue weighted by Crippen LogP contribution is 2.14. The number of carbonyl (C=O) groups excluding carboxylic acids is 1. The van der Waals surface area contributed by atoms with Crippen LogP contribution >= 0.6 is 0 Å². The average molecular weight is 290 g/mol. The van der Waals surface area contributed by atoms with Crippen molar-refractivity contribution >= 4 is 5.91 Å². The summed E-state index contributed by atoms with van der Waals surface area (Å²) in [6.07, 6.45) is 1.43. The van der Waals surface area contributed by atoms with E-state index in [-0.39, 0.29) is 12.0 Å². The molecule has 6 heteroatoms. The second-order valence-electron chi connectivity index (χ2n) is 5.11. The first-order valence-electron chi connectivity index (χ1n) is 7.19. The summed E-state index contributed by atoms with van der Waals surface area (Å²) in [6.45, 7) is 8.71. The minimum atomic E-state index is -0.730. The molecule has 6 nitrogen and oxygen atoms in total. The molecule has 0 bridgehead atoms. The van der Waals surface area contributed by atoms with Gasteiger partial charge in [0.1, 0.15) is 0 Å². The Morgan fingerprint density at radius 3 is 2.50 bits per heavy atom. The van der Waals surface area contributed by atoms with Gasteiger partial charge >= 0.3 is 0 Å². The van der Waals surface area contributed by atoms with E-state index in [9.17, 15) is 4.79 Å². The lowest BCUT2D eigenvalue weighted by Gasteiger charge is -2.30. The third-order valence-electron chi connectivity index (χ3n) is 3.07. The molecular weight excluding hydrogens is 260 g/mol. The van der Waals surface area contributed by atoms with Crippen LogP contribution in [0, 0.1) is 0 Å². The molecule has 120 valence electrons. The Hall–Kier alpha value is -0.690. The molecule has 1 amide bonds. The molecule has 0 aromatic rings. The molecule has 0 spiro atoms. The van der Waals surface area contributed by atoms with Crippen molar-refractivity contribution in [3.63, 3.8) is 0 Å². The van der Waals surface area contributed by atoms with Gasteiger partial charge in [0, 0.05) is 13.5 Å². The summed E-state index contributed by atoms with van der Waals surface area (Å²) in [5.74, 6) is -0.349. The number of nitrogens with two attached hydrogens (primary N) is 1. The number of rotatable bonds is 13. The molecule has 0 aliphatic heterocycles. The van der Waals surface area contributed by atoms with Crippen LogP contribution in [0.2, 0.25) is 0 Å². The molecule has 3 N–H and O–H groups in total. The maximum Gasteiger partial charge on any atom is 0.237 e. The minimum Gasteiger partial charge on any atom is -0.382 e. The molecule has 0 aromatic heterocycles. The standard InChI is InChI=1S/C14H30N2O4/c1-5-6-16-14(3,13(15)17)11-12(2)20-10-9-19-8-7-18-4/h12,16H,5-11H2,1-4H3,(H2,15,17). The molecule has 0 aliphatic carbocycles. The molecule has 0 saturated heterocycles. The monoisotopic (exact) mass is 290 g/mol. The molecule has 0 rings (SSSR count). The zero-order chi connectivity index (χ0) is 15.4. The Kier molecular flexibility index (Phi) is 10.6. The van der Waals surface area contributed by atoms with E-state index in [4.69, 9.17) is 19.9 Å². The van der Waals surface area contributed by atoms with E-state index in [1.807, 2.05) is 20.8 Å². The van der Waals surface area contributed by atoms with Gasteiger partial charge in [-0.25, -0.2) is 0 Å². The number of carbonyl (C=O) groups is 1. The first-order chi connectivity index (χ1) is 9.46. The van der Waals surface area contributed by atoms with Crippen LogP contribution in [0.5, 0.6) is 0 Å². The summed E-state index contributed by atoms with van der Waals surface area (Å²) in [4.78, 5) is 11.6. The minimum absolute atomic E-state index is 0.0668. The average Bonchev–Trinajstić information content (AvgIpc) is 2.40. The van der Waals surface area contributed by atoms with Crippen LogP contribution in [-0.2, 0) is 19.0 Å². The highest BCUT2D eigenvalue weighted by molar-refractivity contribution is 5.84. The van der Waals surface area contributed by atoms with E-state index in [1.165, 1.54) is 0 Å². The van der Waals surface area contributed by atoms with Crippen molar-refractivity contribution in [1.29, 1.82) is 0 Å². The SMILES string of the molecule is CCCNC(C)(CC(C)OCCOCCOC)C(N)=O. The van der Waals surface area contributed by atoms with Crippen molar-refractivity contribution in [2.45, 2.75) is 45.3 Å². The summed E-state index contributed by atoms with van der Waals surface area (Å²) in [6, 6.07) is 0. The zero-order valence-corrected chi connectivity index (χ0v) is 13.2. The fourth-order valence-corrected chi connectivity index (χ4v) is 1.85. The predicted octanol–water partition coefficient (Wildman–Crippen LogP) is 0.688. The fraction of sp³-hybridized carbons (Fsp3) is 0.929. The van der Waals surface area contributed by atoms with Gasteiger partial charge in [0.05, 0.1) is 38.1 Å². The first kappa shape index (κ1) is 19.3. The molecule has 2 unspecified atom stereocenters. The number of nitrogens with one attached hydrogen (secondary N) is 1. The maximum absolute atomic E-state index is 11.6. The van der Waals surface area contributed by atoms with E-state index in [0.29, 0.717) is 32.8 Å². The lowest BCUT2D eigenvalue weighted by atomic mass is 9.93. The van der Waals surface area contributed by atoms with Crippen LogP contribution in [0.3, 0.4) is 0 Å². The van der Waals surface area contributed by atoms with Crippen molar-refractivity contribution < 1.29 is 19.0 Å². The van der Waals surface area contributed by atoms with Gasteiger partial charge in [0.15, 0.2) is 0 Å². The smallest absolute Gasteiger partial charge is 0.237 e. The summed E-state index contributed by atoms with van der Waals surface area (Å²) in [5, 5.41) is 3.19. The van der Waals surface area contributed by atoms with Crippen molar-refractivity contribution in [2.24, 2.45) is 5.73 Å². The lowest BCUT2D eigenvalue weighted by Crippen LogP contribution is -2.55. The van der Waals surface area contributed by atoms with Crippen LogP contribution in [0.25, 0.3) is 0 Å². The van der Waals surface area contributed by atoms with Crippen molar-refractivity contribution in [1.82, 2.24) is 5.32 Å². The number of primary amides is 1. The lowest BCUT2D eigenvalue weighted by molar-refractivity contribution is -0.125. The van der Waals surface area contributed by atoms with Gasteiger partial charge in [-0.3, -0.25) is 4.79 Å². The number of ether oxygens (including phenoxy) is 3. The Morgan fingerprint density at radius 1 is 1.30 bits per heavy atom. The van der Waals surface area contributed by atoms with Gasteiger partial charge in [-0.15, -0.1) is 0 Å². The molecule has 20 heavy (non-hydrogen) atoms. The molecule has 2 atom stereocenters. The third-order valence-corrected chi connectivity index (χ3v) is 3.07. The number of hydrogen-bond acceptors (Lipinski definition) is 5. The van der Waals surface area contributed by atoms with Crippen molar-refractivity contribution in [3.8, 4) is 0 Å². The summed E-state index contributed by atoms with van der Waals surface area (Å²) < 4.78 is 15.8. The molecule has 0 radical (unpaired) electrons. The molecule has 0 saturated carbocycles. The fourth-order valence-electron chi connectivity index (χ4n) is 1.85.